The van der Waals surface area contributed by atoms with Crippen LogP contribution in [0.4, 0.5) is 20.9 Å². The molecule has 206 valence electrons. The van der Waals surface area contributed by atoms with E-state index in [1.165, 1.54) is 23.5 Å². The number of fused-ring (bicyclic) bond motifs is 1. The summed E-state index contributed by atoms with van der Waals surface area (Å²) in [6, 6.07) is 12.5. The number of carbonyl (C=O) groups is 1. The van der Waals surface area contributed by atoms with Crippen LogP contribution in [0.25, 0.3) is 16.8 Å². The molecule has 4 aromatic rings. The number of halogens is 1. The maximum atomic E-state index is 13.5. The molecule has 0 radical (unpaired) electrons. The number of hydrogen-bond donors (Lipinski definition) is 0. The monoisotopic (exact) mass is 558 g/mol. The molecule has 1 atom stereocenters. The van der Waals surface area contributed by atoms with E-state index in [9.17, 15) is 14.4 Å². The van der Waals surface area contributed by atoms with Gasteiger partial charge >= 0.3 is 0 Å². The van der Waals surface area contributed by atoms with Gasteiger partial charge in [-0.3, -0.25) is 4.79 Å². The van der Waals surface area contributed by atoms with Gasteiger partial charge in [-0.05, 0) is 62.1 Å². The molecule has 0 saturated carbocycles. The van der Waals surface area contributed by atoms with E-state index in [0.717, 1.165) is 61.4 Å². The third-order valence-electron chi connectivity index (χ3n) is 8.05. The van der Waals surface area contributed by atoms with Gasteiger partial charge in [0.2, 0.25) is 0 Å². The Labute approximate surface area is 236 Å². The number of rotatable bonds is 7. The Morgan fingerprint density at radius 2 is 1.98 bits per heavy atom. The number of hydrogen-bond acceptors (Lipinski definition) is 8. The van der Waals surface area contributed by atoms with Gasteiger partial charge in [-0.15, -0.1) is 0 Å². The second kappa shape index (κ2) is 11.0. The van der Waals surface area contributed by atoms with Crippen LogP contribution in [-0.2, 0) is 16.0 Å². The van der Waals surface area contributed by atoms with Crippen LogP contribution in [0.2, 0.25) is 0 Å². The number of piperidine rings is 1. The number of nitrogens with zero attached hydrogens (tertiary/aromatic N) is 6. The molecule has 0 unspecified atom stereocenters. The van der Waals surface area contributed by atoms with Crippen LogP contribution in [0.15, 0.2) is 42.6 Å². The summed E-state index contributed by atoms with van der Waals surface area (Å²) < 4.78 is 20.8. The van der Waals surface area contributed by atoms with Gasteiger partial charge in [-0.1, -0.05) is 18.3 Å². The molecular weight excluding hydrogens is 527 g/mol. The molecule has 2 aliphatic rings. The average molecular weight is 559 g/mol. The highest BCUT2D eigenvalue weighted by atomic mass is 32.1. The van der Waals surface area contributed by atoms with Crippen molar-refractivity contribution in [2.45, 2.75) is 32.6 Å². The van der Waals surface area contributed by atoms with Crippen molar-refractivity contribution in [1.82, 2.24) is 14.6 Å². The summed E-state index contributed by atoms with van der Waals surface area (Å²) >= 11 is 1.31. The molecule has 0 bridgehead atoms. The lowest BCUT2D eigenvalue weighted by molar-refractivity contribution is -0.127. The molecule has 0 N–H and O–H groups in total. The van der Waals surface area contributed by atoms with E-state index in [1.807, 2.05) is 22.7 Å². The van der Waals surface area contributed by atoms with Crippen molar-refractivity contribution in [2.75, 3.05) is 43.2 Å². The van der Waals surface area contributed by atoms with Crippen LogP contribution >= 0.6 is 11.3 Å². The Bertz CT molecular complexity index is 1580. The fourth-order valence-corrected chi connectivity index (χ4v) is 6.67. The fraction of sp³-hybridized carbons (Fsp3) is 0.400. The summed E-state index contributed by atoms with van der Waals surface area (Å²) in [6.45, 7) is 5.01. The van der Waals surface area contributed by atoms with Crippen molar-refractivity contribution in [3.05, 3.63) is 59.0 Å². The van der Waals surface area contributed by atoms with Gasteiger partial charge in [0, 0.05) is 56.0 Å². The van der Waals surface area contributed by atoms with Crippen molar-refractivity contribution in [3.63, 3.8) is 0 Å². The van der Waals surface area contributed by atoms with Crippen LogP contribution in [0.5, 0.6) is 0 Å². The molecule has 2 aliphatic heterocycles. The minimum Gasteiger partial charge on any atom is -0.381 e. The molecule has 8 nitrogen and oxygen atoms in total. The van der Waals surface area contributed by atoms with Gasteiger partial charge in [0.1, 0.15) is 28.2 Å². The number of aromatic nitrogens is 3. The SMILES string of the molecule is CCc1nn2ccc(N3CCC(C(=O)[C@@H]4CCOC4)CC3)cc2c1N(C)c1nc(-c2ccc(F)cc2)c(C#N)s1. The maximum Gasteiger partial charge on any atom is 0.191 e. The lowest BCUT2D eigenvalue weighted by Crippen LogP contribution is -2.38. The van der Waals surface area contributed by atoms with Crippen LogP contribution in [0, 0.1) is 29.0 Å². The summed E-state index contributed by atoms with van der Waals surface area (Å²) in [5, 5.41) is 15.3. The van der Waals surface area contributed by atoms with E-state index >= 15 is 0 Å². The molecule has 0 spiro atoms. The Morgan fingerprint density at radius 3 is 2.65 bits per heavy atom. The topological polar surface area (TPSA) is 86.8 Å². The quantitative estimate of drug-likeness (QED) is 0.291. The van der Waals surface area contributed by atoms with E-state index in [2.05, 4.69) is 30.0 Å². The molecule has 3 aromatic heterocycles. The van der Waals surface area contributed by atoms with E-state index in [4.69, 9.17) is 14.8 Å². The first kappa shape index (κ1) is 26.4. The predicted molar refractivity (Wildman–Crippen MR) is 154 cm³/mol. The summed E-state index contributed by atoms with van der Waals surface area (Å²) in [4.78, 5) is 22.5. The first-order valence-electron chi connectivity index (χ1n) is 13.7. The van der Waals surface area contributed by atoms with Gasteiger partial charge in [-0.2, -0.15) is 10.4 Å². The van der Waals surface area contributed by atoms with E-state index in [-0.39, 0.29) is 17.7 Å². The van der Waals surface area contributed by atoms with E-state index in [1.54, 1.807) is 12.1 Å². The summed E-state index contributed by atoms with van der Waals surface area (Å²) in [7, 11) is 1.95. The third-order valence-corrected chi connectivity index (χ3v) is 9.09. The van der Waals surface area contributed by atoms with Gasteiger partial charge in [-0.25, -0.2) is 13.9 Å². The summed E-state index contributed by atoms with van der Waals surface area (Å²) in [5.74, 6) is 0.231. The molecule has 6 rings (SSSR count). The number of ether oxygens (including phenoxy) is 1. The lowest BCUT2D eigenvalue weighted by Gasteiger charge is -2.33. The minimum atomic E-state index is -0.330. The molecule has 10 heteroatoms. The number of Topliss-reactive ketones (excluding diaryl/α,β-unsaturated/α-hetero) is 1. The maximum absolute atomic E-state index is 13.5. The van der Waals surface area contributed by atoms with Gasteiger partial charge < -0.3 is 14.5 Å². The second-order valence-corrected chi connectivity index (χ2v) is 11.4. The van der Waals surface area contributed by atoms with Crippen molar-refractivity contribution in [1.29, 1.82) is 5.26 Å². The normalized spacial score (nSPS) is 17.9. The molecule has 0 aliphatic carbocycles. The van der Waals surface area contributed by atoms with Crippen molar-refractivity contribution >= 4 is 39.1 Å². The zero-order valence-corrected chi connectivity index (χ0v) is 23.5. The van der Waals surface area contributed by atoms with Gasteiger partial charge in [0.25, 0.3) is 0 Å². The third kappa shape index (κ3) is 4.84. The first-order chi connectivity index (χ1) is 19.5. The highest BCUT2D eigenvalue weighted by molar-refractivity contribution is 7.16. The first-order valence-corrected chi connectivity index (χ1v) is 14.6. The number of carbonyl (C=O) groups excluding carboxylic acids is 1. The second-order valence-electron chi connectivity index (χ2n) is 10.4. The molecule has 1 aromatic carbocycles. The van der Waals surface area contributed by atoms with Crippen molar-refractivity contribution < 1.29 is 13.9 Å². The molecule has 0 amide bonds. The average Bonchev–Trinajstić information content (AvgIpc) is 3.75. The lowest BCUT2D eigenvalue weighted by atomic mass is 9.85. The van der Waals surface area contributed by atoms with Crippen molar-refractivity contribution in [2.24, 2.45) is 11.8 Å². The highest BCUT2D eigenvalue weighted by Crippen LogP contribution is 2.39. The Kier molecular flexibility index (Phi) is 7.26. The zero-order chi connectivity index (χ0) is 27.8. The number of pyridine rings is 1. The Morgan fingerprint density at radius 1 is 1.20 bits per heavy atom. The van der Waals surface area contributed by atoms with Gasteiger partial charge in [0.05, 0.1) is 23.5 Å². The number of ketones is 1. The molecular formula is C30H31FN6O2S. The number of aryl methyl sites for hydroxylation is 1. The van der Waals surface area contributed by atoms with Crippen LogP contribution in [0.3, 0.4) is 0 Å². The smallest absolute Gasteiger partial charge is 0.191 e. The molecule has 2 saturated heterocycles. The Hall–Kier alpha value is -3.81. The number of thiazole rings is 1. The highest BCUT2D eigenvalue weighted by Gasteiger charge is 2.32. The standard InChI is InChI=1S/C30H31FN6O2S/c1-3-24-28(35(2)30-33-27(26(17-32)40-30)19-4-6-22(31)7-5-19)25-16-23(10-14-37(25)34-24)36-12-8-20(9-13-36)29(38)21-11-15-39-18-21/h4-7,10,14,16,20-21H,3,8-9,11-13,15,18H2,1-2H3/t21-/m1/s1. The largest absolute Gasteiger partial charge is 0.381 e. The van der Waals surface area contributed by atoms with Crippen LogP contribution in [0.1, 0.15) is 36.8 Å². The number of anilines is 3. The summed E-state index contributed by atoms with van der Waals surface area (Å²) in [5.41, 5.74) is 5.18. The zero-order valence-electron chi connectivity index (χ0n) is 22.6. The molecule has 5 heterocycles. The predicted octanol–water partition coefficient (Wildman–Crippen LogP) is 5.62. The summed E-state index contributed by atoms with van der Waals surface area (Å²) in [6.07, 6.45) is 5.29. The van der Waals surface area contributed by atoms with Crippen LogP contribution in [-0.4, -0.2) is 53.7 Å². The van der Waals surface area contributed by atoms with E-state index in [0.29, 0.717) is 40.3 Å². The number of nitriles is 1. The fourth-order valence-electron chi connectivity index (χ4n) is 5.81. The molecule has 2 fully saturated rings. The van der Waals surface area contributed by atoms with Gasteiger partial charge in [0.15, 0.2) is 5.13 Å². The van der Waals surface area contributed by atoms with E-state index < -0.39 is 0 Å². The molecule has 40 heavy (non-hydrogen) atoms. The Balaban J connectivity index is 1.28. The minimum absolute atomic E-state index is 0.0706. The number of benzene rings is 1. The van der Waals surface area contributed by atoms with Crippen LogP contribution < -0.4 is 9.80 Å². The van der Waals surface area contributed by atoms with Crippen molar-refractivity contribution in [3.8, 4) is 17.3 Å².